The number of anilines is 1. The van der Waals surface area contributed by atoms with Crippen molar-refractivity contribution in [3.05, 3.63) is 27.9 Å². The lowest BCUT2D eigenvalue weighted by atomic mass is 10.2. The number of rotatable bonds is 6. The number of nitro groups is 1. The molecule has 110 valence electrons. The van der Waals surface area contributed by atoms with Crippen LogP contribution in [0, 0.1) is 16.0 Å². The van der Waals surface area contributed by atoms with Crippen molar-refractivity contribution in [2.45, 2.75) is 20.8 Å². The van der Waals surface area contributed by atoms with E-state index in [0.717, 1.165) is 0 Å². The Morgan fingerprint density at radius 1 is 1.65 bits per heavy atom. The second-order valence-corrected chi connectivity index (χ2v) is 4.74. The van der Waals surface area contributed by atoms with Gasteiger partial charge in [0.15, 0.2) is 5.84 Å². The van der Waals surface area contributed by atoms with Crippen molar-refractivity contribution in [2.75, 3.05) is 18.0 Å². The Morgan fingerprint density at radius 2 is 2.30 bits per heavy atom. The normalized spacial score (nSPS) is 11.7. The summed E-state index contributed by atoms with van der Waals surface area (Å²) in [5.74, 6) is 0.430. The first-order chi connectivity index (χ1) is 9.40. The van der Waals surface area contributed by atoms with Crippen LogP contribution < -0.4 is 10.6 Å². The van der Waals surface area contributed by atoms with Gasteiger partial charge in [-0.3, -0.25) is 10.1 Å². The molecule has 0 atom stereocenters. The van der Waals surface area contributed by atoms with Gasteiger partial charge in [0.1, 0.15) is 0 Å². The van der Waals surface area contributed by atoms with Crippen molar-refractivity contribution in [3.63, 3.8) is 0 Å². The van der Waals surface area contributed by atoms with Gasteiger partial charge in [0, 0.05) is 30.9 Å². The largest absolute Gasteiger partial charge is 0.409 e. The topological polar surface area (TPSA) is 118 Å². The molecule has 0 bridgehead atoms. The lowest BCUT2D eigenvalue weighted by Crippen LogP contribution is -2.29. The summed E-state index contributed by atoms with van der Waals surface area (Å²) in [5, 5.41) is 22.6. The Hall–Kier alpha value is -2.38. The zero-order chi connectivity index (χ0) is 15.3. The van der Waals surface area contributed by atoms with Gasteiger partial charge in [-0.1, -0.05) is 19.0 Å². The number of oxime groups is 1. The monoisotopic (exact) mass is 281 g/mol. The van der Waals surface area contributed by atoms with Gasteiger partial charge >= 0.3 is 5.69 Å². The van der Waals surface area contributed by atoms with E-state index in [-0.39, 0.29) is 17.1 Å². The van der Waals surface area contributed by atoms with Gasteiger partial charge in [0.25, 0.3) is 0 Å². The molecule has 0 fully saturated rings. The molecule has 1 heterocycles. The Kier molecular flexibility index (Phi) is 5.24. The van der Waals surface area contributed by atoms with E-state index < -0.39 is 4.92 Å². The fourth-order valence-corrected chi connectivity index (χ4v) is 1.83. The first-order valence-corrected chi connectivity index (χ1v) is 6.27. The zero-order valence-corrected chi connectivity index (χ0v) is 11.8. The molecule has 0 spiro atoms. The maximum atomic E-state index is 11.2. The predicted octanol–water partition coefficient (Wildman–Crippen LogP) is 1.57. The maximum absolute atomic E-state index is 11.2. The summed E-state index contributed by atoms with van der Waals surface area (Å²) in [6.45, 7) is 7.23. The molecule has 0 saturated carbocycles. The molecule has 0 unspecified atom stereocenters. The molecule has 0 aliphatic rings. The maximum Gasteiger partial charge on any atom is 0.312 e. The number of hydrogen-bond donors (Lipinski definition) is 2. The van der Waals surface area contributed by atoms with Crippen LogP contribution in [0.25, 0.3) is 0 Å². The third-order valence-electron chi connectivity index (χ3n) is 2.71. The first-order valence-electron chi connectivity index (χ1n) is 6.27. The number of nitrogens with zero attached hydrogens (tertiary/aromatic N) is 4. The highest BCUT2D eigenvalue weighted by molar-refractivity contribution is 5.97. The summed E-state index contributed by atoms with van der Waals surface area (Å²) >= 11 is 0. The minimum absolute atomic E-state index is 0.156. The Morgan fingerprint density at radius 3 is 2.75 bits per heavy atom. The smallest absolute Gasteiger partial charge is 0.312 e. The number of hydrogen-bond acceptors (Lipinski definition) is 6. The molecule has 0 radical (unpaired) electrons. The lowest BCUT2D eigenvalue weighted by Gasteiger charge is -2.23. The summed E-state index contributed by atoms with van der Waals surface area (Å²) in [6, 6.07) is 1.26. The van der Waals surface area contributed by atoms with Crippen molar-refractivity contribution >= 4 is 17.3 Å². The van der Waals surface area contributed by atoms with Crippen LogP contribution in [0.1, 0.15) is 26.3 Å². The third-order valence-corrected chi connectivity index (χ3v) is 2.71. The van der Waals surface area contributed by atoms with Crippen LogP contribution in [-0.4, -0.2) is 34.0 Å². The molecule has 0 aromatic carbocycles. The van der Waals surface area contributed by atoms with Crippen LogP contribution in [0.4, 0.5) is 11.5 Å². The molecular formula is C12H19N5O3. The number of amidine groups is 1. The third kappa shape index (κ3) is 3.56. The molecule has 8 heteroatoms. The molecule has 1 aromatic rings. The molecule has 20 heavy (non-hydrogen) atoms. The van der Waals surface area contributed by atoms with Crippen molar-refractivity contribution in [2.24, 2.45) is 16.8 Å². The van der Waals surface area contributed by atoms with Gasteiger partial charge in [0.2, 0.25) is 5.82 Å². The Bertz CT molecular complexity index is 516. The predicted molar refractivity (Wildman–Crippen MR) is 76.1 cm³/mol. The molecule has 8 nitrogen and oxygen atoms in total. The van der Waals surface area contributed by atoms with Gasteiger partial charge in [-0.15, -0.1) is 0 Å². The summed E-state index contributed by atoms with van der Waals surface area (Å²) in [4.78, 5) is 16.6. The van der Waals surface area contributed by atoms with Crippen molar-refractivity contribution in [3.8, 4) is 0 Å². The summed E-state index contributed by atoms with van der Waals surface area (Å²) in [5.41, 5.74) is 5.48. The zero-order valence-electron chi connectivity index (χ0n) is 11.8. The van der Waals surface area contributed by atoms with Gasteiger partial charge in [-0.05, 0) is 12.8 Å². The molecule has 1 rings (SSSR count). The SMILES string of the molecule is CCN(CC(C)C)c1ncc(C(N)=NO)cc1[N+](=O)[O-]. The van der Waals surface area contributed by atoms with E-state index in [1.807, 2.05) is 25.7 Å². The highest BCUT2D eigenvalue weighted by atomic mass is 16.6. The number of aromatic nitrogens is 1. The van der Waals surface area contributed by atoms with Crippen LogP contribution in [0.2, 0.25) is 0 Å². The van der Waals surface area contributed by atoms with E-state index in [1.165, 1.54) is 12.3 Å². The molecular weight excluding hydrogens is 262 g/mol. The second-order valence-electron chi connectivity index (χ2n) is 4.74. The highest BCUT2D eigenvalue weighted by Crippen LogP contribution is 2.27. The molecule has 0 aliphatic heterocycles. The minimum Gasteiger partial charge on any atom is -0.409 e. The van der Waals surface area contributed by atoms with Crippen LogP contribution >= 0.6 is 0 Å². The minimum atomic E-state index is -0.514. The van der Waals surface area contributed by atoms with Crippen LogP contribution in [0.3, 0.4) is 0 Å². The molecule has 0 aliphatic carbocycles. The van der Waals surface area contributed by atoms with Crippen LogP contribution in [-0.2, 0) is 0 Å². The lowest BCUT2D eigenvalue weighted by molar-refractivity contribution is -0.384. The van der Waals surface area contributed by atoms with E-state index in [9.17, 15) is 10.1 Å². The quantitative estimate of drug-likeness (QED) is 0.268. The fourth-order valence-electron chi connectivity index (χ4n) is 1.83. The Labute approximate surface area is 117 Å². The van der Waals surface area contributed by atoms with Gasteiger partial charge in [-0.25, -0.2) is 4.98 Å². The van der Waals surface area contributed by atoms with E-state index in [4.69, 9.17) is 10.9 Å². The Balaban J connectivity index is 3.28. The second kappa shape index (κ2) is 6.69. The van der Waals surface area contributed by atoms with E-state index in [1.54, 1.807) is 0 Å². The summed E-state index contributed by atoms with van der Waals surface area (Å²) in [6.07, 6.45) is 1.36. The molecule has 3 N–H and O–H groups in total. The number of nitrogens with two attached hydrogens (primary N) is 1. The molecule has 1 aromatic heterocycles. The van der Waals surface area contributed by atoms with Crippen LogP contribution in [0.5, 0.6) is 0 Å². The van der Waals surface area contributed by atoms with E-state index in [0.29, 0.717) is 24.8 Å². The van der Waals surface area contributed by atoms with Gasteiger partial charge < -0.3 is 15.8 Å². The summed E-state index contributed by atoms with van der Waals surface area (Å²) < 4.78 is 0. The average molecular weight is 281 g/mol. The highest BCUT2D eigenvalue weighted by Gasteiger charge is 2.22. The molecule has 0 saturated heterocycles. The summed E-state index contributed by atoms with van der Waals surface area (Å²) in [7, 11) is 0. The number of pyridine rings is 1. The van der Waals surface area contributed by atoms with Crippen molar-refractivity contribution in [1.29, 1.82) is 0 Å². The fraction of sp³-hybridized carbons (Fsp3) is 0.500. The average Bonchev–Trinajstić information content (AvgIpc) is 2.43. The first kappa shape index (κ1) is 15.7. The van der Waals surface area contributed by atoms with Crippen LogP contribution in [0.15, 0.2) is 17.4 Å². The van der Waals surface area contributed by atoms with Gasteiger partial charge in [-0.2, -0.15) is 0 Å². The van der Waals surface area contributed by atoms with Crippen molar-refractivity contribution in [1.82, 2.24) is 4.98 Å². The van der Waals surface area contributed by atoms with Gasteiger partial charge in [0.05, 0.1) is 4.92 Å². The van der Waals surface area contributed by atoms with E-state index in [2.05, 4.69) is 10.1 Å². The molecule has 0 amide bonds. The van der Waals surface area contributed by atoms with Crippen molar-refractivity contribution < 1.29 is 10.1 Å². The standard InChI is InChI=1S/C12H19N5O3/c1-4-16(7-8(2)3)12-10(17(19)20)5-9(6-14-12)11(13)15-18/h5-6,8,18H,4,7H2,1-3H3,(H2,13,15). The van der Waals surface area contributed by atoms with E-state index >= 15 is 0 Å².